The number of pyridine rings is 1. The minimum Gasteiger partial charge on any atom is -0.486 e. The second kappa shape index (κ2) is 6.91. The van der Waals surface area contributed by atoms with Gasteiger partial charge in [0.2, 0.25) is 0 Å². The highest BCUT2D eigenvalue weighted by Crippen LogP contribution is 2.48. The summed E-state index contributed by atoms with van der Waals surface area (Å²) in [7, 11) is 0. The van der Waals surface area contributed by atoms with Crippen molar-refractivity contribution in [3.05, 3.63) is 57.8 Å². The van der Waals surface area contributed by atoms with Crippen molar-refractivity contribution in [3.63, 3.8) is 0 Å². The third-order valence-electron chi connectivity index (χ3n) is 6.15. The average Bonchev–Trinajstić information content (AvgIpc) is 3.47. The zero-order valence-electron chi connectivity index (χ0n) is 17.3. The van der Waals surface area contributed by atoms with Gasteiger partial charge in [-0.15, -0.1) is 0 Å². The van der Waals surface area contributed by atoms with Crippen LogP contribution >= 0.6 is 0 Å². The van der Waals surface area contributed by atoms with Crippen molar-refractivity contribution >= 4 is 16.7 Å². The lowest BCUT2D eigenvalue weighted by molar-refractivity contribution is -0.0214. The summed E-state index contributed by atoms with van der Waals surface area (Å²) < 4.78 is 61.8. The van der Waals surface area contributed by atoms with Crippen LogP contribution in [0.15, 0.2) is 35.3 Å². The molecular formula is C22H20F4N4O2. The Morgan fingerprint density at radius 1 is 1.22 bits per heavy atom. The molecule has 1 atom stereocenters. The SMILES string of the molecule is Cc1nc(NC(C)c2cccc3c2OCC3(F)F)c2cn(C3(C(F)F)CC3)c(=O)cc2n1. The van der Waals surface area contributed by atoms with Gasteiger partial charge in [-0.2, -0.15) is 8.78 Å². The summed E-state index contributed by atoms with van der Waals surface area (Å²) in [5.41, 5.74) is -1.39. The second-order valence-corrected chi connectivity index (χ2v) is 8.39. The van der Waals surface area contributed by atoms with Crippen molar-refractivity contribution < 1.29 is 22.3 Å². The molecule has 0 spiro atoms. The van der Waals surface area contributed by atoms with Gasteiger partial charge in [-0.25, -0.2) is 18.7 Å². The van der Waals surface area contributed by atoms with Crippen LogP contribution in [0, 0.1) is 6.92 Å². The van der Waals surface area contributed by atoms with Crippen LogP contribution in [-0.4, -0.2) is 27.6 Å². The predicted molar refractivity (Wildman–Crippen MR) is 110 cm³/mol. The summed E-state index contributed by atoms with van der Waals surface area (Å²) >= 11 is 0. The van der Waals surface area contributed by atoms with Crippen molar-refractivity contribution in [1.82, 2.24) is 14.5 Å². The molecule has 1 aromatic carbocycles. The van der Waals surface area contributed by atoms with Gasteiger partial charge in [-0.05, 0) is 32.8 Å². The minimum absolute atomic E-state index is 0.124. The van der Waals surface area contributed by atoms with E-state index in [9.17, 15) is 22.4 Å². The molecule has 1 saturated carbocycles. The Morgan fingerprint density at radius 3 is 2.66 bits per heavy atom. The lowest BCUT2D eigenvalue weighted by Gasteiger charge is -2.21. The largest absolute Gasteiger partial charge is 0.486 e. The first-order valence-electron chi connectivity index (χ1n) is 10.2. The monoisotopic (exact) mass is 448 g/mol. The van der Waals surface area contributed by atoms with E-state index in [2.05, 4.69) is 15.3 Å². The lowest BCUT2D eigenvalue weighted by Crippen LogP contribution is -2.35. The molecule has 2 aliphatic rings. The van der Waals surface area contributed by atoms with Gasteiger partial charge >= 0.3 is 5.92 Å². The van der Waals surface area contributed by atoms with Gasteiger partial charge in [-0.3, -0.25) is 4.79 Å². The Hall–Kier alpha value is -3.17. The quantitative estimate of drug-likeness (QED) is 0.582. The van der Waals surface area contributed by atoms with Crippen LogP contribution in [-0.2, 0) is 11.5 Å². The molecule has 168 valence electrons. The summed E-state index contributed by atoms with van der Waals surface area (Å²) in [6.45, 7) is 2.69. The number of para-hydroxylation sites is 1. The molecule has 1 unspecified atom stereocenters. The molecule has 1 fully saturated rings. The van der Waals surface area contributed by atoms with Gasteiger partial charge in [-0.1, -0.05) is 12.1 Å². The number of anilines is 1. The fourth-order valence-electron chi connectivity index (χ4n) is 4.24. The smallest absolute Gasteiger partial charge is 0.310 e. The molecule has 0 saturated heterocycles. The van der Waals surface area contributed by atoms with E-state index in [0.29, 0.717) is 28.1 Å². The Bertz CT molecular complexity index is 1290. The van der Waals surface area contributed by atoms with E-state index < -0.39 is 36.1 Å². The van der Waals surface area contributed by atoms with Crippen molar-refractivity contribution in [3.8, 4) is 5.75 Å². The molecule has 5 rings (SSSR count). The number of halogens is 4. The summed E-state index contributed by atoms with van der Waals surface area (Å²) in [6.07, 6.45) is -0.885. The highest BCUT2D eigenvalue weighted by atomic mass is 19.3. The highest BCUT2D eigenvalue weighted by molar-refractivity contribution is 5.88. The van der Waals surface area contributed by atoms with Gasteiger partial charge in [0.05, 0.1) is 22.5 Å². The zero-order chi connectivity index (χ0) is 22.8. The standard InChI is InChI=1S/C22H20F4N4O2/c1-11(13-4-3-5-15-18(13)32-10-22(15,25)26)27-19-14-9-30(21(6-7-21)20(23)24)17(31)8-16(14)28-12(2)29-19/h3-5,8-9,11,20H,6-7,10H2,1-2H3,(H,27,28,29). The fourth-order valence-corrected chi connectivity index (χ4v) is 4.24. The van der Waals surface area contributed by atoms with Gasteiger partial charge in [0, 0.05) is 17.8 Å². The number of fused-ring (bicyclic) bond motifs is 2. The third kappa shape index (κ3) is 3.11. The summed E-state index contributed by atoms with van der Waals surface area (Å²) in [4.78, 5) is 21.2. The Kier molecular flexibility index (Phi) is 4.48. The molecule has 0 amide bonds. The number of hydrogen-bond acceptors (Lipinski definition) is 5. The Balaban J connectivity index is 1.58. The average molecular weight is 448 g/mol. The maximum Gasteiger partial charge on any atom is 0.310 e. The number of aryl methyl sites for hydroxylation is 1. The molecular weight excluding hydrogens is 428 g/mol. The predicted octanol–water partition coefficient (Wildman–Crippen LogP) is 4.51. The van der Waals surface area contributed by atoms with E-state index in [0.717, 1.165) is 4.57 Å². The number of nitrogens with zero attached hydrogens (tertiary/aromatic N) is 3. The Labute approximate surface area is 180 Å². The first kappa shape index (κ1) is 20.7. The lowest BCUT2D eigenvalue weighted by atomic mass is 10.0. The molecule has 1 aliphatic carbocycles. The van der Waals surface area contributed by atoms with Gasteiger partial charge in [0.25, 0.3) is 12.0 Å². The maximum atomic E-state index is 14.1. The normalized spacial score (nSPS) is 19.0. The number of alkyl halides is 4. The second-order valence-electron chi connectivity index (χ2n) is 8.39. The molecule has 1 N–H and O–H groups in total. The van der Waals surface area contributed by atoms with E-state index in [-0.39, 0.29) is 24.2 Å². The molecule has 6 nitrogen and oxygen atoms in total. The van der Waals surface area contributed by atoms with Crippen molar-refractivity contribution in [1.29, 1.82) is 0 Å². The molecule has 3 aromatic rings. The first-order chi connectivity index (χ1) is 15.1. The number of aromatic nitrogens is 3. The third-order valence-corrected chi connectivity index (χ3v) is 6.15. The minimum atomic E-state index is -3.06. The Morgan fingerprint density at radius 2 is 1.97 bits per heavy atom. The summed E-state index contributed by atoms with van der Waals surface area (Å²) in [6, 6.07) is 5.28. The summed E-state index contributed by atoms with van der Waals surface area (Å²) in [5, 5.41) is 3.56. The molecule has 2 aromatic heterocycles. The molecule has 0 radical (unpaired) electrons. The van der Waals surface area contributed by atoms with Gasteiger partial charge < -0.3 is 14.6 Å². The van der Waals surface area contributed by atoms with Crippen LogP contribution in [0.3, 0.4) is 0 Å². The number of hydrogen-bond donors (Lipinski definition) is 1. The first-order valence-corrected chi connectivity index (χ1v) is 10.2. The number of nitrogens with one attached hydrogen (secondary N) is 1. The van der Waals surface area contributed by atoms with Crippen LogP contribution in [0.25, 0.3) is 10.9 Å². The molecule has 10 heteroatoms. The van der Waals surface area contributed by atoms with Crippen molar-refractivity contribution in [2.24, 2.45) is 0 Å². The topological polar surface area (TPSA) is 69.0 Å². The van der Waals surface area contributed by atoms with Crippen LogP contribution in [0.2, 0.25) is 0 Å². The summed E-state index contributed by atoms with van der Waals surface area (Å²) in [5.74, 6) is -2.24. The molecule has 32 heavy (non-hydrogen) atoms. The van der Waals surface area contributed by atoms with E-state index in [1.807, 2.05) is 0 Å². The van der Waals surface area contributed by atoms with Crippen molar-refractivity contribution in [2.45, 2.75) is 50.6 Å². The number of benzene rings is 1. The number of rotatable bonds is 5. The fraction of sp³-hybridized carbons (Fsp3) is 0.409. The van der Waals surface area contributed by atoms with Gasteiger partial charge in [0.15, 0.2) is 6.61 Å². The van der Waals surface area contributed by atoms with E-state index >= 15 is 0 Å². The van der Waals surface area contributed by atoms with Gasteiger partial charge in [0.1, 0.15) is 22.9 Å². The zero-order valence-corrected chi connectivity index (χ0v) is 17.3. The van der Waals surface area contributed by atoms with E-state index in [1.165, 1.54) is 24.4 Å². The van der Waals surface area contributed by atoms with E-state index in [4.69, 9.17) is 4.74 Å². The van der Waals surface area contributed by atoms with E-state index in [1.54, 1.807) is 19.9 Å². The molecule has 3 heterocycles. The van der Waals surface area contributed by atoms with Crippen LogP contribution in [0.1, 0.15) is 42.8 Å². The maximum absolute atomic E-state index is 14.1. The van der Waals surface area contributed by atoms with Crippen LogP contribution in [0.5, 0.6) is 5.75 Å². The number of ether oxygens (including phenoxy) is 1. The molecule has 1 aliphatic heterocycles. The van der Waals surface area contributed by atoms with Crippen LogP contribution in [0.4, 0.5) is 23.4 Å². The van der Waals surface area contributed by atoms with Crippen molar-refractivity contribution in [2.75, 3.05) is 11.9 Å². The van der Waals surface area contributed by atoms with Crippen LogP contribution < -0.4 is 15.6 Å². The molecule has 0 bridgehead atoms. The highest BCUT2D eigenvalue weighted by Gasteiger charge is 2.53.